The van der Waals surface area contributed by atoms with E-state index in [1.165, 1.54) is 0 Å². The van der Waals surface area contributed by atoms with Crippen molar-refractivity contribution in [1.29, 1.82) is 0 Å². The minimum Gasteiger partial charge on any atom is -0.396 e. The van der Waals surface area contributed by atoms with E-state index in [0.717, 1.165) is 18.4 Å². The molecule has 1 aliphatic rings. The van der Waals surface area contributed by atoms with Gasteiger partial charge in [-0.3, -0.25) is 4.79 Å². The molecule has 0 spiro atoms. The average Bonchev–Trinajstić information content (AvgIpc) is 3.18. The molecule has 3 nitrogen and oxygen atoms in total. The summed E-state index contributed by atoms with van der Waals surface area (Å²) < 4.78 is 0. The average molecular weight is 282 g/mol. The van der Waals surface area contributed by atoms with Gasteiger partial charge in [0.25, 0.3) is 0 Å². The van der Waals surface area contributed by atoms with Gasteiger partial charge in [-0.25, -0.2) is 0 Å². The highest BCUT2D eigenvalue weighted by molar-refractivity contribution is 6.30. The second-order valence-corrected chi connectivity index (χ2v) is 5.86. The van der Waals surface area contributed by atoms with Crippen LogP contribution in [-0.2, 0) is 10.2 Å². The highest BCUT2D eigenvalue weighted by atomic mass is 35.5. The molecule has 104 valence electrons. The SMILES string of the molecule is CC(CCO)CNC(=O)C1(c2cccc(Cl)c2)CC1. The first-order valence-corrected chi connectivity index (χ1v) is 7.11. The molecule has 2 rings (SSSR count). The van der Waals surface area contributed by atoms with Crippen LogP contribution in [0.25, 0.3) is 0 Å². The zero-order valence-electron chi connectivity index (χ0n) is 11.2. The van der Waals surface area contributed by atoms with Gasteiger partial charge in [0.15, 0.2) is 0 Å². The van der Waals surface area contributed by atoms with Crippen LogP contribution in [0.5, 0.6) is 0 Å². The van der Waals surface area contributed by atoms with E-state index in [-0.39, 0.29) is 17.9 Å². The molecule has 1 aliphatic carbocycles. The number of amides is 1. The van der Waals surface area contributed by atoms with Gasteiger partial charge < -0.3 is 10.4 Å². The van der Waals surface area contributed by atoms with Crippen molar-refractivity contribution >= 4 is 17.5 Å². The monoisotopic (exact) mass is 281 g/mol. The Balaban J connectivity index is 1.99. The van der Waals surface area contributed by atoms with Crippen LogP contribution in [0, 0.1) is 5.92 Å². The summed E-state index contributed by atoms with van der Waals surface area (Å²) in [5.41, 5.74) is 0.636. The maximum Gasteiger partial charge on any atom is 0.230 e. The van der Waals surface area contributed by atoms with E-state index in [2.05, 4.69) is 5.32 Å². The van der Waals surface area contributed by atoms with Crippen LogP contribution in [0.3, 0.4) is 0 Å². The third-order valence-electron chi connectivity index (χ3n) is 3.79. The van der Waals surface area contributed by atoms with Crippen molar-refractivity contribution in [1.82, 2.24) is 5.32 Å². The maximum atomic E-state index is 12.3. The summed E-state index contributed by atoms with van der Waals surface area (Å²) in [4.78, 5) is 12.3. The van der Waals surface area contributed by atoms with Gasteiger partial charge in [0.2, 0.25) is 5.91 Å². The number of halogens is 1. The highest BCUT2D eigenvalue weighted by Gasteiger charge is 2.51. The van der Waals surface area contributed by atoms with E-state index >= 15 is 0 Å². The molecule has 0 heterocycles. The Morgan fingerprint density at radius 2 is 2.26 bits per heavy atom. The quantitative estimate of drug-likeness (QED) is 0.842. The Bertz CT molecular complexity index is 457. The fraction of sp³-hybridized carbons (Fsp3) is 0.533. The van der Waals surface area contributed by atoms with Gasteiger partial charge in [0.05, 0.1) is 5.41 Å². The van der Waals surface area contributed by atoms with Crippen LogP contribution in [-0.4, -0.2) is 24.2 Å². The van der Waals surface area contributed by atoms with Gasteiger partial charge in [-0.15, -0.1) is 0 Å². The standard InChI is InChI=1S/C15H20ClNO2/c1-11(5-8-18)10-17-14(19)15(6-7-15)12-3-2-4-13(16)9-12/h2-4,9,11,18H,5-8,10H2,1H3,(H,17,19). The smallest absolute Gasteiger partial charge is 0.230 e. The summed E-state index contributed by atoms with van der Waals surface area (Å²) in [5, 5.41) is 12.5. The Morgan fingerprint density at radius 3 is 2.84 bits per heavy atom. The van der Waals surface area contributed by atoms with E-state index in [9.17, 15) is 4.79 Å². The molecule has 1 atom stereocenters. The number of benzene rings is 1. The highest BCUT2D eigenvalue weighted by Crippen LogP contribution is 2.48. The minimum atomic E-state index is -0.371. The second-order valence-electron chi connectivity index (χ2n) is 5.42. The third kappa shape index (κ3) is 3.28. The number of carbonyl (C=O) groups excluding carboxylic acids is 1. The molecule has 1 fully saturated rings. The number of hydrogen-bond acceptors (Lipinski definition) is 2. The van der Waals surface area contributed by atoms with E-state index in [1.54, 1.807) is 0 Å². The van der Waals surface area contributed by atoms with Crippen molar-refractivity contribution in [2.45, 2.75) is 31.6 Å². The van der Waals surface area contributed by atoms with Crippen LogP contribution < -0.4 is 5.32 Å². The Morgan fingerprint density at radius 1 is 1.53 bits per heavy atom. The molecule has 4 heteroatoms. The Labute approximate surface area is 119 Å². The largest absolute Gasteiger partial charge is 0.396 e. The summed E-state index contributed by atoms with van der Waals surface area (Å²) in [6, 6.07) is 7.56. The first-order valence-electron chi connectivity index (χ1n) is 6.74. The number of carbonyl (C=O) groups is 1. The topological polar surface area (TPSA) is 49.3 Å². The van der Waals surface area contributed by atoms with Crippen molar-refractivity contribution in [3.63, 3.8) is 0 Å². The maximum absolute atomic E-state index is 12.3. The molecular weight excluding hydrogens is 262 g/mol. The lowest BCUT2D eigenvalue weighted by Crippen LogP contribution is -2.37. The lowest BCUT2D eigenvalue weighted by molar-refractivity contribution is -0.123. The molecule has 1 unspecified atom stereocenters. The van der Waals surface area contributed by atoms with Crippen LogP contribution in [0.15, 0.2) is 24.3 Å². The third-order valence-corrected chi connectivity index (χ3v) is 4.03. The minimum absolute atomic E-state index is 0.0829. The number of aliphatic hydroxyl groups excluding tert-OH is 1. The molecule has 1 aromatic carbocycles. The molecule has 0 saturated heterocycles. The zero-order chi connectivity index (χ0) is 13.9. The molecule has 1 amide bonds. The summed E-state index contributed by atoms with van der Waals surface area (Å²) in [5.74, 6) is 0.378. The van der Waals surface area contributed by atoms with Crippen molar-refractivity contribution in [3.05, 3.63) is 34.9 Å². The van der Waals surface area contributed by atoms with Crippen molar-refractivity contribution in [2.75, 3.05) is 13.2 Å². The predicted octanol–water partition coefficient (Wildman–Crippen LogP) is 2.51. The molecule has 0 aliphatic heterocycles. The molecule has 0 bridgehead atoms. The van der Waals surface area contributed by atoms with Crippen molar-refractivity contribution in [2.24, 2.45) is 5.92 Å². The number of nitrogens with one attached hydrogen (secondary N) is 1. The van der Waals surface area contributed by atoms with Crippen LogP contribution in [0.2, 0.25) is 5.02 Å². The molecular formula is C15H20ClNO2. The van der Waals surface area contributed by atoms with Gasteiger partial charge in [-0.1, -0.05) is 30.7 Å². The normalized spacial score (nSPS) is 17.8. The van der Waals surface area contributed by atoms with Crippen LogP contribution in [0.1, 0.15) is 31.7 Å². The second kappa shape index (κ2) is 5.93. The number of aliphatic hydroxyl groups is 1. The molecule has 1 saturated carbocycles. The van der Waals surface area contributed by atoms with E-state index in [0.29, 0.717) is 23.9 Å². The molecule has 2 N–H and O–H groups in total. The van der Waals surface area contributed by atoms with Gasteiger partial charge in [-0.2, -0.15) is 0 Å². The zero-order valence-corrected chi connectivity index (χ0v) is 11.9. The predicted molar refractivity (Wildman–Crippen MR) is 76.2 cm³/mol. The van der Waals surface area contributed by atoms with Gasteiger partial charge >= 0.3 is 0 Å². The van der Waals surface area contributed by atoms with Gasteiger partial charge in [-0.05, 0) is 42.9 Å². The molecule has 0 aromatic heterocycles. The lowest BCUT2D eigenvalue weighted by atomic mass is 9.94. The van der Waals surface area contributed by atoms with Gasteiger partial charge in [0, 0.05) is 18.2 Å². The molecule has 0 radical (unpaired) electrons. The first-order chi connectivity index (χ1) is 9.08. The van der Waals surface area contributed by atoms with E-state index < -0.39 is 0 Å². The van der Waals surface area contributed by atoms with Crippen molar-refractivity contribution in [3.8, 4) is 0 Å². The van der Waals surface area contributed by atoms with Crippen molar-refractivity contribution < 1.29 is 9.90 Å². The fourth-order valence-electron chi connectivity index (χ4n) is 2.32. The van der Waals surface area contributed by atoms with Crippen LogP contribution in [0.4, 0.5) is 0 Å². The Hall–Kier alpha value is -1.06. The number of rotatable bonds is 6. The molecule has 1 aromatic rings. The number of hydrogen-bond donors (Lipinski definition) is 2. The summed E-state index contributed by atoms with van der Waals surface area (Å²) in [6.45, 7) is 2.80. The lowest BCUT2D eigenvalue weighted by Gasteiger charge is -2.18. The van der Waals surface area contributed by atoms with Crippen LogP contribution >= 0.6 is 11.6 Å². The first kappa shape index (κ1) is 14.4. The summed E-state index contributed by atoms with van der Waals surface area (Å²) in [6.07, 6.45) is 2.48. The summed E-state index contributed by atoms with van der Waals surface area (Å²) >= 11 is 5.99. The van der Waals surface area contributed by atoms with Gasteiger partial charge in [0.1, 0.15) is 0 Å². The summed E-state index contributed by atoms with van der Waals surface area (Å²) in [7, 11) is 0. The fourth-order valence-corrected chi connectivity index (χ4v) is 2.51. The molecule has 19 heavy (non-hydrogen) atoms. The van der Waals surface area contributed by atoms with E-state index in [4.69, 9.17) is 16.7 Å². The van der Waals surface area contributed by atoms with E-state index in [1.807, 2.05) is 31.2 Å². The Kier molecular flexibility index (Phi) is 4.48.